The molecule has 2 aromatic rings. The highest BCUT2D eigenvalue weighted by Crippen LogP contribution is 2.19. The number of unbranched alkanes of at least 4 members (excludes halogenated alkanes) is 1. The van der Waals surface area contributed by atoms with Gasteiger partial charge in [-0.1, -0.05) is 6.07 Å². The summed E-state index contributed by atoms with van der Waals surface area (Å²) < 4.78 is 5.15. The first-order chi connectivity index (χ1) is 13.5. The van der Waals surface area contributed by atoms with E-state index in [1.807, 2.05) is 13.0 Å². The molecule has 1 aromatic carbocycles. The molecule has 8 heteroatoms. The van der Waals surface area contributed by atoms with Crippen LogP contribution in [0.1, 0.15) is 45.6 Å². The van der Waals surface area contributed by atoms with Gasteiger partial charge in [0.25, 0.3) is 0 Å². The van der Waals surface area contributed by atoms with Crippen molar-refractivity contribution in [2.45, 2.75) is 58.6 Å². The van der Waals surface area contributed by atoms with Gasteiger partial charge in [0.1, 0.15) is 5.60 Å². The van der Waals surface area contributed by atoms with Gasteiger partial charge in [0.2, 0.25) is 11.5 Å². The maximum atomic E-state index is 12.3. The van der Waals surface area contributed by atoms with E-state index in [2.05, 4.69) is 15.6 Å². The fourth-order valence-electron chi connectivity index (χ4n) is 2.87. The fourth-order valence-corrected chi connectivity index (χ4v) is 2.87. The number of pyridine rings is 1. The quantitative estimate of drug-likeness (QED) is 0.530. The van der Waals surface area contributed by atoms with E-state index in [1.54, 1.807) is 32.9 Å². The predicted molar refractivity (Wildman–Crippen MR) is 114 cm³/mol. The number of carbonyl (C=O) groups is 2. The number of hydrogen-bond donors (Lipinski definition) is 4. The number of aromatic nitrogens is 1. The zero-order valence-electron chi connectivity index (χ0n) is 17.4. The number of amides is 2. The molecule has 8 nitrogen and oxygen atoms in total. The predicted octanol–water partition coefficient (Wildman–Crippen LogP) is 2.80. The SMILES string of the molecule is Cc1cc(=O)[nH]c2cc(NC(=O)C(N)CCCCNC(=O)OC(C)(C)C)ccc12. The van der Waals surface area contributed by atoms with Gasteiger partial charge in [-0.05, 0) is 64.7 Å². The second-order valence-corrected chi connectivity index (χ2v) is 8.10. The van der Waals surface area contributed by atoms with Gasteiger partial charge in [-0.25, -0.2) is 4.79 Å². The molecule has 5 N–H and O–H groups in total. The molecule has 1 atom stereocenters. The summed E-state index contributed by atoms with van der Waals surface area (Å²) in [6.07, 6.45) is 1.42. The van der Waals surface area contributed by atoms with Crippen molar-refractivity contribution in [3.8, 4) is 0 Å². The number of anilines is 1. The van der Waals surface area contributed by atoms with E-state index in [1.165, 1.54) is 6.07 Å². The topological polar surface area (TPSA) is 126 Å². The monoisotopic (exact) mass is 402 g/mol. The highest BCUT2D eigenvalue weighted by atomic mass is 16.6. The average molecular weight is 402 g/mol. The summed E-state index contributed by atoms with van der Waals surface area (Å²) in [4.78, 5) is 38.3. The summed E-state index contributed by atoms with van der Waals surface area (Å²) in [6, 6.07) is 6.23. The molecular formula is C21H30N4O4. The van der Waals surface area contributed by atoms with Crippen LogP contribution in [0.3, 0.4) is 0 Å². The second-order valence-electron chi connectivity index (χ2n) is 8.10. The molecule has 1 aromatic heterocycles. The maximum absolute atomic E-state index is 12.3. The van der Waals surface area contributed by atoms with Crippen LogP contribution in [0.25, 0.3) is 10.9 Å². The summed E-state index contributed by atoms with van der Waals surface area (Å²) in [7, 11) is 0. The molecule has 0 bridgehead atoms. The third-order valence-corrected chi connectivity index (χ3v) is 4.26. The van der Waals surface area contributed by atoms with E-state index in [0.29, 0.717) is 37.0 Å². The Morgan fingerprint density at radius 2 is 1.93 bits per heavy atom. The number of H-pyrrole nitrogens is 1. The van der Waals surface area contributed by atoms with Crippen molar-refractivity contribution in [3.63, 3.8) is 0 Å². The first-order valence-corrected chi connectivity index (χ1v) is 9.72. The van der Waals surface area contributed by atoms with Crippen molar-refractivity contribution >= 4 is 28.6 Å². The van der Waals surface area contributed by atoms with Crippen molar-refractivity contribution in [1.29, 1.82) is 0 Å². The molecule has 0 saturated heterocycles. The summed E-state index contributed by atoms with van der Waals surface area (Å²) in [5, 5.41) is 6.38. The Hall–Kier alpha value is -2.87. The van der Waals surface area contributed by atoms with Crippen LogP contribution in [0.15, 0.2) is 29.1 Å². The number of aryl methyl sites for hydroxylation is 1. The molecule has 158 valence electrons. The van der Waals surface area contributed by atoms with Gasteiger partial charge in [0, 0.05) is 23.7 Å². The van der Waals surface area contributed by atoms with Crippen LogP contribution in [-0.2, 0) is 9.53 Å². The molecule has 0 fully saturated rings. The number of carbonyl (C=O) groups excluding carboxylic acids is 2. The summed E-state index contributed by atoms with van der Waals surface area (Å²) in [5.74, 6) is -0.292. The average Bonchev–Trinajstić information content (AvgIpc) is 2.59. The van der Waals surface area contributed by atoms with Crippen LogP contribution < -0.4 is 21.9 Å². The molecular weight excluding hydrogens is 372 g/mol. The Bertz CT molecular complexity index is 930. The van der Waals surface area contributed by atoms with Crippen molar-refractivity contribution in [3.05, 3.63) is 40.2 Å². The Morgan fingerprint density at radius 3 is 2.62 bits per heavy atom. The molecule has 1 unspecified atom stereocenters. The minimum atomic E-state index is -0.663. The number of nitrogens with one attached hydrogen (secondary N) is 3. The van der Waals surface area contributed by atoms with Crippen LogP contribution in [0, 0.1) is 6.92 Å². The number of benzene rings is 1. The number of hydrogen-bond acceptors (Lipinski definition) is 5. The van der Waals surface area contributed by atoms with E-state index in [9.17, 15) is 14.4 Å². The highest BCUT2D eigenvalue weighted by Gasteiger charge is 2.16. The highest BCUT2D eigenvalue weighted by molar-refractivity contribution is 5.96. The first-order valence-electron chi connectivity index (χ1n) is 9.72. The molecule has 29 heavy (non-hydrogen) atoms. The molecule has 0 aliphatic heterocycles. The molecule has 2 rings (SSSR count). The molecule has 0 aliphatic rings. The molecule has 0 spiro atoms. The number of fused-ring (bicyclic) bond motifs is 1. The van der Waals surface area contributed by atoms with Crippen molar-refractivity contribution in [2.75, 3.05) is 11.9 Å². The third-order valence-electron chi connectivity index (χ3n) is 4.26. The Kier molecular flexibility index (Phi) is 7.39. The zero-order valence-corrected chi connectivity index (χ0v) is 17.4. The fraction of sp³-hybridized carbons (Fsp3) is 0.476. The standard InChI is InChI=1S/C21H30N4O4/c1-13-11-18(26)25-17-12-14(8-9-15(13)17)24-19(27)16(22)7-5-6-10-23-20(28)29-21(2,3)4/h8-9,11-12,16H,5-7,10,22H2,1-4H3,(H,23,28)(H,24,27)(H,25,26). The first kappa shape index (κ1) is 22.4. The van der Waals surface area contributed by atoms with Gasteiger partial charge in [-0.15, -0.1) is 0 Å². The van der Waals surface area contributed by atoms with E-state index in [4.69, 9.17) is 10.5 Å². The van der Waals surface area contributed by atoms with Crippen LogP contribution in [-0.4, -0.2) is 35.2 Å². The largest absolute Gasteiger partial charge is 0.444 e. The minimum absolute atomic E-state index is 0.185. The zero-order chi connectivity index (χ0) is 21.6. The summed E-state index contributed by atoms with van der Waals surface area (Å²) in [6.45, 7) is 7.74. The molecule has 0 saturated carbocycles. The second kappa shape index (κ2) is 9.56. The van der Waals surface area contributed by atoms with Gasteiger partial charge >= 0.3 is 6.09 Å². The van der Waals surface area contributed by atoms with Gasteiger partial charge < -0.3 is 26.1 Å². The third kappa shape index (κ3) is 7.23. The lowest BCUT2D eigenvalue weighted by atomic mass is 10.1. The maximum Gasteiger partial charge on any atom is 0.407 e. The number of nitrogens with two attached hydrogens (primary N) is 1. The van der Waals surface area contributed by atoms with E-state index in [-0.39, 0.29) is 11.5 Å². The van der Waals surface area contributed by atoms with Crippen LogP contribution >= 0.6 is 0 Å². The van der Waals surface area contributed by atoms with Gasteiger partial charge in [-0.3, -0.25) is 9.59 Å². The molecule has 0 aliphatic carbocycles. The molecule has 2 amide bonds. The lowest BCUT2D eigenvalue weighted by Crippen LogP contribution is -2.36. The van der Waals surface area contributed by atoms with E-state index >= 15 is 0 Å². The van der Waals surface area contributed by atoms with Crippen molar-refractivity contribution in [1.82, 2.24) is 10.3 Å². The van der Waals surface area contributed by atoms with Gasteiger partial charge in [0.15, 0.2) is 0 Å². The molecule has 1 heterocycles. The summed E-state index contributed by atoms with van der Waals surface area (Å²) >= 11 is 0. The van der Waals surface area contributed by atoms with E-state index in [0.717, 1.165) is 10.9 Å². The van der Waals surface area contributed by atoms with Gasteiger partial charge in [-0.2, -0.15) is 0 Å². The van der Waals surface area contributed by atoms with Crippen molar-refractivity contribution < 1.29 is 14.3 Å². The summed E-state index contributed by atoms with van der Waals surface area (Å²) in [5.41, 5.74) is 7.37. The Labute approximate surface area is 170 Å². The number of alkyl carbamates (subject to hydrolysis) is 1. The Balaban J connectivity index is 1.78. The minimum Gasteiger partial charge on any atom is -0.444 e. The number of rotatable bonds is 7. The normalized spacial score (nSPS) is 12.4. The number of aromatic amines is 1. The van der Waals surface area contributed by atoms with Crippen LogP contribution in [0.2, 0.25) is 0 Å². The lowest BCUT2D eigenvalue weighted by molar-refractivity contribution is -0.117. The number of ether oxygens (including phenoxy) is 1. The van der Waals surface area contributed by atoms with Crippen LogP contribution in [0.4, 0.5) is 10.5 Å². The smallest absolute Gasteiger partial charge is 0.407 e. The van der Waals surface area contributed by atoms with Crippen LogP contribution in [0.5, 0.6) is 0 Å². The van der Waals surface area contributed by atoms with Crippen molar-refractivity contribution in [2.24, 2.45) is 5.73 Å². The lowest BCUT2D eigenvalue weighted by Gasteiger charge is -2.19. The van der Waals surface area contributed by atoms with Gasteiger partial charge in [0.05, 0.1) is 11.6 Å². The van der Waals surface area contributed by atoms with E-state index < -0.39 is 17.7 Å². The Morgan fingerprint density at radius 1 is 1.21 bits per heavy atom. The molecule has 0 radical (unpaired) electrons.